The van der Waals surface area contributed by atoms with Crippen molar-refractivity contribution in [1.29, 1.82) is 0 Å². The van der Waals surface area contributed by atoms with E-state index in [0.29, 0.717) is 36.8 Å². The number of piperidine rings is 1. The molecule has 0 unspecified atom stereocenters. The first-order valence-corrected chi connectivity index (χ1v) is 10.9. The summed E-state index contributed by atoms with van der Waals surface area (Å²) < 4.78 is 29.2. The average molecular weight is 444 g/mol. The lowest BCUT2D eigenvalue weighted by atomic mass is 9.78. The highest BCUT2D eigenvalue weighted by atomic mass is 19.1. The Labute approximate surface area is 188 Å². The van der Waals surface area contributed by atoms with E-state index in [1.807, 2.05) is 4.90 Å². The van der Waals surface area contributed by atoms with Crippen molar-refractivity contribution >= 4 is 11.9 Å². The third-order valence-electron chi connectivity index (χ3n) is 6.03. The van der Waals surface area contributed by atoms with Gasteiger partial charge in [0.25, 0.3) is 5.91 Å². The zero-order valence-electron chi connectivity index (χ0n) is 18.8. The molecule has 6 nitrogen and oxygen atoms in total. The van der Waals surface area contributed by atoms with Crippen LogP contribution in [0.3, 0.4) is 0 Å². The SMILES string of the molecule is CCOC(=O)C[C@@H](c1ccc(F)cc1)C1CCN(C(=O)c2ccc(OC)cc2OC)CC1. The molecule has 172 valence electrons. The maximum atomic E-state index is 13.4. The number of carbonyl (C=O) groups is 2. The van der Waals surface area contributed by atoms with Crippen LogP contribution < -0.4 is 9.47 Å². The molecule has 0 spiro atoms. The smallest absolute Gasteiger partial charge is 0.306 e. The number of nitrogens with zero attached hydrogens (tertiary/aromatic N) is 1. The zero-order valence-corrected chi connectivity index (χ0v) is 18.8. The first kappa shape index (κ1) is 23.6. The molecular weight excluding hydrogens is 413 g/mol. The molecule has 3 rings (SSSR count). The van der Waals surface area contributed by atoms with E-state index in [2.05, 4.69) is 0 Å². The van der Waals surface area contributed by atoms with Crippen molar-refractivity contribution in [3.8, 4) is 11.5 Å². The van der Waals surface area contributed by atoms with Gasteiger partial charge in [0, 0.05) is 19.2 Å². The van der Waals surface area contributed by atoms with Crippen LogP contribution in [0.15, 0.2) is 42.5 Å². The number of rotatable bonds is 8. The molecule has 0 aromatic heterocycles. The van der Waals surface area contributed by atoms with Crippen LogP contribution >= 0.6 is 0 Å². The molecule has 1 aliphatic rings. The quantitative estimate of drug-likeness (QED) is 0.565. The number of likely N-dealkylation sites (tertiary alicyclic amines) is 1. The van der Waals surface area contributed by atoms with Crippen LogP contribution in [0.4, 0.5) is 4.39 Å². The van der Waals surface area contributed by atoms with E-state index < -0.39 is 0 Å². The number of halogens is 1. The lowest BCUT2D eigenvalue weighted by Crippen LogP contribution is -2.40. The molecule has 0 radical (unpaired) electrons. The topological polar surface area (TPSA) is 65.1 Å². The molecule has 0 saturated carbocycles. The van der Waals surface area contributed by atoms with E-state index in [1.54, 1.807) is 44.4 Å². The van der Waals surface area contributed by atoms with Crippen LogP contribution in [-0.2, 0) is 9.53 Å². The number of amides is 1. The van der Waals surface area contributed by atoms with Crippen molar-refractivity contribution in [2.75, 3.05) is 33.9 Å². The van der Waals surface area contributed by atoms with Crippen molar-refractivity contribution in [2.24, 2.45) is 5.92 Å². The van der Waals surface area contributed by atoms with Crippen molar-refractivity contribution in [1.82, 2.24) is 4.90 Å². The number of hydrogen-bond donors (Lipinski definition) is 0. The number of esters is 1. The van der Waals surface area contributed by atoms with E-state index in [1.165, 1.54) is 19.2 Å². The molecule has 1 aliphatic heterocycles. The molecule has 2 aromatic carbocycles. The summed E-state index contributed by atoms with van der Waals surface area (Å²) in [4.78, 5) is 27.2. The van der Waals surface area contributed by atoms with Crippen LogP contribution in [0.5, 0.6) is 11.5 Å². The molecule has 32 heavy (non-hydrogen) atoms. The van der Waals surface area contributed by atoms with Gasteiger partial charge in [0.15, 0.2) is 0 Å². The van der Waals surface area contributed by atoms with Gasteiger partial charge in [-0.3, -0.25) is 9.59 Å². The second-order valence-electron chi connectivity index (χ2n) is 7.86. The third-order valence-corrected chi connectivity index (χ3v) is 6.03. The first-order valence-electron chi connectivity index (χ1n) is 10.9. The van der Waals surface area contributed by atoms with Gasteiger partial charge in [-0.1, -0.05) is 12.1 Å². The fourth-order valence-electron chi connectivity index (χ4n) is 4.32. The molecular formula is C25H30FNO5. The Morgan fingerprint density at radius 3 is 2.34 bits per heavy atom. The zero-order chi connectivity index (χ0) is 23.1. The summed E-state index contributed by atoms with van der Waals surface area (Å²) in [5.74, 6) is 0.544. The Kier molecular flexibility index (Phi) is 8.09. The molecule has 1 amide bonds. The van der Waals surface area contributed by atoms with E-state index in [0.717, 1.165) is 18.4 Å². The van der Waals surface area contributed by atoms with Gasteiger partial charge in [-0.05, 0) is 61.4 Å². The van der Waals surface area contributed by atoms with Crippen LogP contribution in [0.2, 0.25) is 0 Å². The summed E-state index contributed by atoms with van der Waals surface area (Å²) in [6, 6.07) is 11.5. The molecule has 1 heterocycles. The normalized spacial score (nSPS) is 15.2. The molecule has 0 N–H and O–H groups in total. The Morgan fingerprint density at radius 2 is 1.75 bits per heavy atom. The molecule has 0 bridgehead atoms. The van der Waals surface area contributed by atoms with E-state index >= 15 is 0 Å². The highest BCUT2D eigenvalue weighted by Crippen LogP contribution is 2.36. The number of hydrogen-bond acceptors (Lipinski definition) is 5. The van der Waals surface area contributed by atoms with Crippen LogP contribution in [0, 0.1) is 11.7 Å². The Bertz CT molecular complexity index is 922. The predicted octanol–water partition coefficient (Wildman–Crippen LogP) is 4.43. The van der Waals surface area contributed by atoms with Crippen molar-refractivity contribution in [2.45, 2.75) is 32.1 Å². The predicted molar refractivity (Wildman–Crippen MR) is 119 cm³/mol. The number of benzene rings is 2. The number of methoxy groups -OCH3 is 2. The van der Waals surface area contributed by atoms with Gasteiger partial charge in [-0.25, -0.2) is 4.39 Å². The summed E-state index contributed by atoms with van der Waals surface area (Å²) in [6.45, 7) is 3.24. The standard InChI is InChI=1S/C25H30FNO5/c1-4-32-24(28)16-22(17-5-7-19(26)8-6-17)18-11-13-27(14-12-18)25(29)21-10-9-20(30-2)15-23(21)31-3/h5-10,15,18,22H,4,11-14,16H2,1-3H3/t22-/m0/s1. The van der Waals surface area contributed by atoms with Crippen LogP contribution in [0.25, 0.3) is 0 Å². The monoisotopic (exact) mass is 443 g/mol. The minimum absolute atomic E-state index is 0.0811. The second kappa shape index (κ2) is 11.0. The maximum absolute atomic E-state index is 13.4. The van der Waals surface area contributed by atoms with E-state index in [-0.39, 0.29) is 36.0 Å². The van der Waals surface area contributed by atoms with Gasteiger partial charge in [-0.2, -0.15) is 0 Å². The molecule has 1 saturated heterocycles. The van der Waals surface area contributed by atoms with Crippen molar-refractivity contribution in [3.05, 3.63) is 59.4 Å². The van der Waals surface area contributed by atoms with E-state index in [9.17, 15) is 14.0 Å². The number of carbonyl (C=O) groups excluding carboxylic acids is 2. The Hall–Kier alpha value is -3.09. The van der Waals surface area contributed by atoms with Gasteiger partial charge in [-0.15, -0.1) is 0 Å². The summed E-state index contributed by atoms with van der Waals surface area (Å²) in [6.07, 6.45) is 1.72. The fraction of sp³-hybridized carbons (Fsp3) is 0.440. The van der Waals surface area contributed by atoms with Crippen LogP contribution in [0.1, 0.15) is 48.0 Å². The lowest BCUT2D eigenvalue weighted by molar-refractivity contribution is -0.144. The highest BCUT2D eigenvalue weighted by molar-refractivity contribution is 5.97. The highest BCUT2D eigenvalue weighted by Gasteiger charge is 2.32. The second-order valence-corrected chi connectivity index (χ2v) is 7.86. The van der Waals surface area contributed by atoms with E-state index in [4.69, 9.17) is 14.2 Å². The molecule has 1 fully saturated rings. The Morgan fingerprint density at radius 1 is 1.06 bits per heavy atom. The largest absolute Gasteiger partial charge is 0.497 e. The van der Waals surface area contributed by atoms with Gasteiger partial charge in [0.1, 0.15) is 17.3 Å². The third kappa shape index (κ3) is 5.58. The van der Waals surface area contributed by atoms with Crippen molar-refractivity contribution in [3.63, 3.8) is 0 Å². The van der Waals surface area contributed by atoms with Gasteiger partial charge < -0.3 is 19.1 Å². The summed E-state index contributed by atoms with van der Waals surface area (Å²) in [7, 11) is 3.09. The van der Waals surface area contributed by atoms with Gasteiger partial charge >= 0.3 is 5.97 Å². The molecule has 1 atom stereocenters. The molecule has 2 aromatic rings. The van der Waals surface area contributed by atoms with Gasteiger partial charge in [0.05, 0.1) is 32.8 Å². The average Bonchev–Trinajstić information content (AvgIpc) is 2.82. The van der Waals surface area contributed by atoms with Crippen LogP contribution in [-0.4, -0.2) is 50.7 Å². The van der Waals surface area contributed by atoms with Gasteiger partial charge in [0.2, 0.25) is 0 Å². The Balaban J connectivity index is 1.72. The summed E-state index contributed by atoms with van der Waals surface area (Å²) >= 11 is 0. The molecule has 0 aliphatic carbocycles. The number of ether oxygens (including phenoxy) is 3. The summed E-state index contributed by atoms with van der Waals surface area (Å²) in [5.41, 5.74) is 1.41. The first-order chi connectivity index (χ1) is 15.5. The lowest BCUT2D eigenvalue weighted by Gasteiger charge is -2.36. The van der Waals surface area contributed by atoms with Crippen molar-refractivity contribution < 1.29 is 28.2 Å². The minimum atomic E-state index is -0.308. The molecule has 7 heteroatoms. The summed E-state index contributed by atoms with van der Waals surface area (Å²) in [5, 5.41) is 0. The fourth-order valence-corrected chi connectivity index (χ4v) is 4.32. The minimum Gasteiger partial charge on any atom is -0.497 e. The maximum Gasteiger partial charge on any atom is 0.306 e.